The lowest BCUT2D eigenvalue weighted by molar-refractivity contribution is -0.138. The van der Waals surface area contributed by atoms with Crippen LogP contribution < -0.4 is 9.47 Å². The first-order chi connectivity index (χ1) is 13.2. The van der Waals surface area contributed by atoms with Crippen LogP contribution in [-0.4, -0.2) is 69.6 Å². The molecule has 0 unspecified atom stereocenters. The van der Waals surface area contributed by atoms with Gasteiger partial charge in [-0.1, -0.05) is 6.92 Å². The highest BCUT2D eigenvalue weighted by molar-refractivity contribution is 7.91. The largest absolute Gasteiger partial charge is 0.493 e. The predicted octanol–water partition coefficient (Wildman–Crippen LogP) is 1.67. The smallest absolute Gasteiger partial charge is 0.338 e. The third-order valence-electron chi connectivity index (χ3n) is 4.90. The van der Waals surface area contributed by atoms with Crippen molar-refractivity contribution < 1.29 is 32.2 Å². The van der Waals surface area contributed by atoms with Crippen LogP contribution >= 0.6 is 0 Å². The van der Waals surface area contributed by atoms with Crippen LogP contribution in [0.2, 0.25) is 0 Å². The average molecular weight is 413 g/mol. The summed E-state index contributed by atoms with van der Waals surface area (Å²) < 4.78 is 39.1. The van der Waals surface area contributed by atoms with Gasteiger partial charge in [-0.05, 0) is 38.0 Å². The maximum Gasteiger partial charge on any atom is 0.338 e. The van der Waals surface area contributed by atoms with E-state index in [4.69, 9.17) is 14.2 Å². The molecule has 1 aromatic carbocycles. The lowest BCUT2D eigenvalue weighted by Crippen LogP contribution is -2.48. The number of methoxy groups -OCH3 is 2. The molecule has 8 nitrogen and oxygen atoms in total. The molecule has 9 heteroatoms. The van der Waals surface area contributed by atoms with E-state index in [9.17, 15) is 18.0 Å². The summed E-state index contributed by atoms with van der Waals surface area (Å²) in [4.78, 5) is 26.6. The van der Waals surface area contributed by atoms with E-state index >= 15 is 0 Å². The van der Waals surface area contributed by atoms with Crippen LogP contribution in [0.25, 0.3) is 0 Å². The minimum atomic E-state index is -3.13. The zero-order chi connectivity index (χ0) is 20.9. The molecule has 1 heterocycles. The van der Waals surface area contributed by atoms with E-state index in [1.807, 2.05) is 13.8 Å². The van der Waals surface area contributed by atoms with Crippen molar-refractivity contribution in [2.75, 3.05) is 32.3 Å². The van der Waals surface area contributed by atoms with Crippen molar-refractivity contribution >= 4 is 21.7 Å². The van der Waals surface area contributed by atoms with Gasteiger partial charge in [-0.3, -0.25) is 4.79 Å². The first-order valence-electron chi connectivity index (χ1n) is 9.13. The molecule has 1 fully saturated rings. The second-order valence-corrected chi connectivity index (χ2v) is 8.99. The zero-order valence-electron chi connectivity index (χ0n) is 16.6. The molecule has 0 radical (unpaired) electrons. The Kier molecular flexibility index (Phi) is 7.29. The van der Waals surface area contributed by atoms with E-state index in [-0.39, 0.29) is 29.2 Å². The molecule has 1 saturated heterocycles. The summed E-state index contributed by atoms with van der Waals surface area (Å²) in [6.07, 6.45) is 1.08. The van der Waals surface area contributed by atoms with Gasteiger partial charge in [0.2, 0.25) is 0 Å². The predicted molar refractivity (Wildman–Crippen MR) is 103 cm³/mol. The topological polar surface area (TPSA) is 99.2 Å². The van der Waals surface area contributed by atoms with Crippen molar-refractivity contribution in [3.05, 3.63) is 23.8 Å². The van der Waals surface area contributed by atoms with Crippen LogP contribution in [0.1, 0.15) is 37.0 Å². The average Bonchev–Trinajstić information content (AvgIpc) is 3.04. The molecule has 0 aromatic heterocycles. The van der Waals surface area contributed by atoms with Gasteiger partial charge < -0.3 is 19.1 Å². The Morgan fingerprint density at radius 1 is 1.21 bits per heavy atom. The van der Waals surface area contributed by atoms with Gasteiger partial charge in [0.1, 0.15) is 0 Å². The maximum atomic E-state index is 12.7. The number of sulfone groups is 1. The lowest BCUT2D eigenvalue weighted by Gasteiger charge is -2.33. The number of rotatable bonds is 8. The van der Waals surface area contributed by atoms with Gasteiger partial charge in [0.25, 0.3) is 5.91 Å². The standard InChI is InChI=1S/C19H27NO7S/c1-5-13(2)20(15-8-9-28(23,24)12-15)18(21)11-27-19(22)14-6-7-16(25-3)17(10-14)26-4/h6-7,10,13,15H,5,8-9,11-12H2,1-4H3/t13-,15+/m0/s1. The summed E-state index contributed by atoms with van der Waals surface area (Å²) in [5.74, 6) is -0.195. The molecule has 0 spiro atoms. The van der Waals surface area contributed by atoms with Crippen molar-refractivity contribution in [1.29, 1.82) is 0 Å². The number of carbonyl (C=O) groups is 2. The SMILES string of the molecule is CC[C@H](C)N(C(=O)COC(=O)c1ccc(OC)c(OC)c1)[C@@H]1CCS(=O)(=O)C1. The van der Waals surface area contributed by atoms with Crippen molar-refractivity contribution in [1.82, 2.24) is 4.90 Å². The molecule has 0 saturated carbocycles. The molecule has 0 bridgehead atoms. The molecule has 1 aliphatic rings. The number of carbonyl (C=O) groups excluding carboxylic acids is 2. The Hall–Kier alpha value is -2.29. The highest BCUT2D eigenvalue weighted by atomic mass is 32.2. The van der Waals surface area contributed by atoms with Crippen LogP contribution in [0.4, 0.5) is 0 Å². The number of hydrogen-bond acceptors (Lipinski definition) is 7. The minimum absolute atomic E-state index is 0.0489. The van der Waals surface area contributed by atoms with E-state index in [0.717, 1.165) is 0 Å². The van der Waals surface area contributed by atoms with Crippen LogP contribution in [0.15, 0.2) is 18.2 Å². The second kappa shape index (κ2) is 9.27. The van der Waals surface area contributed by atoms with Gasteiger partial charge >= 0.3 is 5.97 Å². The summed E-state index contributed by atoms with van der Waals surface area (Å²) in [5.41, 5.74) is 0.226. The number of nitrogens with zero attached hydrogens (tertiary/aromatic N) is 1. The van der Waals surface area contributed by atoms with Crippen molar-refractivity contribution in [2.45, 2.75) is 38.8 Å². The summed E-state index contributed by atoms with van der Waals surface area (Å²) in [7, 11) is -0.190. The number of esters is 1. The Balaban J connectivity index is 2.06. The summed E-state index contributed by atoms with van der Waals surface area (Å²) in [6.45, 7) is 3.33. The number of ether oxygens (including phenoxy) is 3. The van der Waals surface area contributed by atoms with E-state index in [1.54, 1.807) is 11.0 Å². The molecular formula is C19H27NO7S. The van der Waals surface area contributed by atoms with Crippen LogP contribution in [0.3, 0.4) is 0 Å². The van der Waals surface area contributed by atoms with E-state index in [0.29, 0.717) is 24.3 Å². The fourth-order valence-electron chi connectivity index (χ4n) is 3.25. The van der Waals surface area contributed by atoms with E-state index in [2.05, 4.69) is 0 Å². The third kappa shape index (κ3) is 5.15. The minimum Gasteiger partial charge on any atom is -0.493 e. The zero-order valence-corrected chi connectivity index (χ0v) is 17.5. The highest BCUT2D eigenvalue weighted by Gasteiger charge is 2.36. The molecule has 2 rings (SSSR count). The van der Waals surface area contributed by atoms with Gasteiger partial charge in [-0.15, -0.1) is 0 Å². The molecule has 0 aliphatic carbocycles. The molecule has 1 aromatic rings. The van der Waals surface area contributed by atoms with Gasteiger partial charge in [0, 0.05) is 12.1 Å². The van der Waals surface area contributed by atoms with Gasteiger partial charge in [-0.25, -0.2) is 13.2 Å². The van der Waals surface area contributed by atoms with E-state index in [1.165, 1.54) is 26.4 Å². The molecule has 2 atom stereocenters. The van der Waals surface area contributed by atoms with Gasteiger partial charge in [0.15, 0.2) is 27.9 Å². The fraction of sp³-hybridized carbons (Fsp3) is 0.579. The summed E-state index contributed by atoms with van der Waals surface area (Å²) in [5, 5.41) is 0. The van der Waals surface area contributed by atoms with Crippen molar-refractivity contribution in [2.24, 2.45) is 0 Å². The fourth-order valence-corrected chi connectivity index (χ4v) is 4.96. The number of amides is 1. The monoisotopic (exact) mass is 413 g/mol. The molecule has 1 aliphatic heterocycles. The van der Waals surface area contributed by atoms with Crippen molar-refractivity contribution in [3.8, 4) is 11.5 Å². The van der Waals surface area contributed by atoms with Gasteiger partial charge in [-0.2, -0.15) is 0 Å². The number of benzene rings is 1. The van der Waals surface area contributed by atoms with Crippen LogP contribution in [-0.2, 0) is 19.4 Å². The Morgan fingerprint density at radius 2 is 1.89 bits per heavy atom. The molecule has 28 heavy (non-hydrogen) atoms. The maximum absolute atomic E-state index is 12.7. The first-order valence-corrected chi connectivity index (χ1v) is 10.9. The van der Waals surface area contributed by atoms with Crippen molar-refractivity contribution in [3.63, 3.8) is 0 Å². The Bertz CT molecular complexity index is 822. The summed E-state index contributed by atoms with van der Waals surface area (Å²) in [6, 6.07) is 4.04. The van der Waals surface area contributed by atoms with Gasteiger partial charge in [0.05, 0.1) is 31.3 Å². The normalized spacial score (nSPS) is 18.9. The quantitative estimate of drug-likeness (QED) is 0.598. The highest BCUT2D eigenvalue weighted by Crippen LogP contribution is 2.28. The molecule has 1 amide bonds. The Morgan fingerprint density at radius 3 is 2.43 bits per heavy atom. The molecular weight excluding hydrogens is 386 g/mol. The third-order valence-corrected chi connectivity index (χ3v) is 6.65. The number of hydrogen-bond donors (Lipinski definition) is 0. The van der Waals surface area contributed by atoms with Crippen LogP contribution in [0.5, 0.6) is 11.5 Å². The van der Waals surface area contributed by atoms with E-state index < -0.39 is 28.3 Å². The first kappa shape index (κ1) is 22.0. The molecule has 156 valence electrons. The second-order valence-electron chi connectivity index (χ2n) is 6.76. The molecule has 0 N–H and O–H groups in total. The lowest BCUT2D eigenvalue weighted by atomic mass is 10.1. The Labute approximate surface area is 165 Å². The summed E-state index contributed by atoms with van der Waals surface area (Å²) >= 11 is 0. The van der Waals surface area contributed by atoms with Crippen LogP contribution in [0, 0.1) is 0 Å².